The van der Waals surface area contributed by atoms with E-state index in [1.165, 1.54) is 0 Å². The SMILES string of the molecule is [CH2-]C.[CH2-]C.[CH2-]C.[CH2-]C.[CH2-]C.[CH2-]C.[CH2-]C.[CH2-]C.[Pd]. The summed E-state index contributed by atoms with van der Waals surface area (Å²) in [5.74, 6) is 0. The van der Waals surface area contributed by atoms with Crippen LogP contribution in [0.5, 0.6) is 0 Å². The summed E-state index contributed by atoms with van der Waals surface area (Å²) >= 11 is 0. The summed E-state index contributed by atoms with van der Waals surface area (Å²) in [5, 5.41) is 0. The topological polar surface area (TPSA) is 0 Å². The van der Waals surface area contributed by atoms with Crippen LogP contribution < -0.4 is 0 Å². The van der Waals surface area contributed by atoms with Gasteiger partial charge in [-0.05, 0) is 0 Å². The molecule has 1 heteroatoms. The van der Waals surface area contributed by atoms with E-state index in [0.29, 0.717) is 0 Å². The van der Waals surface area contributed by atoms with Gasteiger partial charge in [-0.2, -0.15) is 55.4 Å². The van der Waals surface area contributed by atoms with Gasteiger partial charge in [0.05, 0.1) is 0 Å². The fourth-order valence-corrected chi connectivity index (χ4v) is 0. The molecule has 17 heavy (non-hydrogen) atoms. The average molecular weight is 339 g/mol. The van der Waals surface area contributed by atoms with E-state index in [0.717, 1.165) is 0 Å². The van der Waals surface area contributed by atoms with Gasteiger partial charge in [-0.25, -0.2) is 0 Å². The fraction of sp³-hybridized carbons (Fsp3) is 0.500. The Morgan fingerprint density at radius 3 is 0.235 bits per heavy atom. The van der Waals surface area contributed by atoms with E-state index in [1.54, 1.807) is 55.4 Å². The van der Waals surface area contributed by atoms with Gasteiger partial charge >= 0.3 is 0 Å². The summed E-state index contributed by atoms with van der Waals surface area (Å²) in [7, 11) is 0. The molecule has 122 valence electrons. The van der Waals surface area contributed by atoms with E-state index in [4.69, 9.17) is 0 Å². The Morgan fingerprint density at radius 1 is 0.235 bits per heavy atom. The van der Waals surface area contributed by atoms with Crippen molar-refractivity contribution in [2.24, 2.45) is 0 Å². The van der Waals surface area contributed by atoms with E-state index >= 15 is 0 Å². The first-order valence-corrected chi connectivity index (χ1v) is 5.66. The predicted molar refractivity (Wildman–Crippen MR) is 88.2 cm³/mol. The molecule has 0 N–H and O–H groups in total. The van der Waals surface area contributed by atoms with E-state index in [-0.39, 0.29) is 20.4 Å². The summed E-state index contributed by atoms with van der Waals surface area (Å²) < 4.78 is 0. The summed E-state index contributed by atoms with van der Waals surface area (Å²) in [6, 6.07) is 0. The second-order valence-corrected chi connectivity index (χ2v) is 0. The van der Waals surface area contributed by atoms with Crippen molar-refractivity contribution in [1.29, 1.82) is 0 Å². The monoisotopic (exact) mass is 338 g/mol. The van der Waals surface area contributed by atoms with E-state index in [9.17, 15) is 0 Å². The van der Waals surface area contributed by atoms with Crippen LogP contribution in [0, 0.1) is 55.4 Å². The van der Waals surface area contributed by atoms with Crippen LogP contribution in [0.15, 0.2) is 0 Å². The van der Waals surface area contributed by atoms with Gasteiger partial charge in [0.2, 0.25) is 0 Å². The molecule has 0 aromatic heterocycles. The second kappa shape index (κ2) is 9320. The van der Waals surface area contributed by atoms with E-state index < -0.39 is 0 Å². The van der Waals surface area contributed by atoms with Gasteiger partial charge in [-0.3, -0.25) is 0 Å². The molecular formula is C16H40Pd-8. The quantitative estimate of drug-likeness (QED) is 0.339. The Kier molecular flexibility index (Phi) is 35800. The largest absolute Gasteiger partial charge is 0.346 e. The van der Waals surface area contributed by atoms with Gasteiger partial charge in [0, 0.05) is 20.4 Å². The van der Waals surface area contributed by atoms with Crippen molar-refractivity contribution >= 4 is 0 Å². The zero-order valence-corrected chi connectivity index (χ0v) is 15.5. The Bertz CT molecular complexity index is 5.49. The van der Waals surface area contributed by atoms with Gasteiger partial charge in [-0.15, -0.1) is 0 Å². The molecule has 0 aliphatic rings. The average Bonchev–Trinajstić information content (AvgIpc) is 2.54. The number of hydrogen-bond acceptors (Lipinski definition) is 0. The smallest absolute Gasteiger partial charge is 0 e. The van der Waals surface area contributed by atoms with Crippen molar-refractivity contribution in [2.75, 3.05) is 0 Å². The minimum absolute atomic E-state index is 0. The molecule has 0 saturated carbocycles. The molecule has 0 aromatic carbocycles. The summed E-state index contributed by atoms with van der Waals surface area (Å²) in [5.41, 5.74) is 0. The maximum atomic E-state index is 3.25. The molecule has 0 spiro atoms. The zero-order valence-electron chi connectivity index (χ0n) is 14.0. The third-order valence-electron chi connectivity index (χ3n) is 0. The van der Waals surface area contributed by atoms with Crippen molar-refractivity contribution < 1.29 is 20.4 Å². The van der Waals surface area contributed by atoms with Crippen molar-refractivity contribution in [2.45, 2.75) is 55.4 Å². The van der Waals surface area contributed by atoms with Gasteiger partial charge in [0.25, 0.3) is 0 Å². The third kappa shape index (κ3) is 8170. The minimum atomic E-state index is 0. The molecule has 0 aliphatic heterocycles. The predicted octanol–water partition coefficient (Wildman–Crippen LogP) is 6.72. The molecule has 0 aliphatic carbocycles. The second-order valence-electron chi connectivity index (χ2n) is 0. The maximum absolute atomic E-state index is 3.25. The number of hydrogen-bond donors (Lipinski definition) is 0. The molecule has 0 amide bonds. The van der Waals surface area contributed by atoms with Gasteiger partial charge in [-0.1, -0.05) is 0 Å². The van der Waals surface area contributed by atoms with Crippen LogP contribution in [0.2, 0.25) is 0 Å². The Balaban J connectivity index is -0.00000000610. The van der Waals surface area contributed by atoms with Gasteiger partial charge in [0.1, 0.15) is 0 Å². The van der Waals surface area contributed by atoms with Crippen LogP contribution in [-0.4, -0.2) is 0 Å². The first-order valence-electron chi connectivity index (χ1n) is 5.66. The van der Waals surface area contributed by atoms with Gasteiger partial charge in [0.15, 0.2) is 0 Å². The molecule has 0 rings (SSSR count). The maximum Gasteiger partial charge on any atom is 0 e. The summed E-state index contributed by atoms with van der Waals surface area (Å²) in [6.07, 6.45) is 0. The molecule has 0 fully saturated rings. The standard InChI is InChI=1S/8C2H5.Pd/c8*1-2;/h8*1H2,2H3;/q8*-1;. The Morgan fingerprint density at radius 2 is 0.235 bits per heavy atom. The normalized spacial score (nSPS) is 2.82. The molecule has 0 heterocycles. The summed E-state index contributed by atoms with van der Waals surface area (Å²) in [6.45, 7) is 40.0. The summed E-state index contributed by atoms with van der Waals surface area (Å²) in [4.78, 5) is 0. The van der Waals surface area contributed by atoms with Crippen molar-refractivity contribution in [1.82, 2.24) is 0 Å². The van der Waals surface area contributed by atoms with E-state index in [1.807, 2.05) is 0 Å². The molecule has 0 unspecified atom stereocenters. The van der Waals surface area contributed by atoms with E-state index in [2.05, 4.69) is 55.4 Å². The molecule has 0 radical (unpaired) electrons. The first-order chi connectivity index (χ1) is 8.00. The molecular weight excluding hydrogens is 299 g/mol. The molecule has 0 saturated heterocycles. The number of rotatable bonds is 0. The molecule has 0 bridgehead atoms. The van der Waals surface area contributed by atoms with Crippen molar-refractivity contribution in [3.05, 3.63) is 55.4 Å². The van der Waals surface area contributed by atoms with Crippen LogP contribution in [-0.2, 0) is 20.4 Å². The van der Waals surface area contributed by atoms with Crippen LogP contribution in [0.3, 0.4) is 0 Å². The van der Waals surface area contributed by atoms with Crippen LogP contribution in [0.4, 0.5) is 0 Å². The Labute approximate surface area is 131 Å². The first kappa shape index (κ1) is 65.4. The Hall–Kier alpha value is 0.662. The van der Waals surface area contributed by atoms with Gasteiger partial charge < -0.3 is 55.4 Å². The van der Waals surface area contributed by atoms with Crippen LogP contribution in [0.25, 0.3) is 0 Å². The fourth-order valence-electron chi connectivity index (χ4n) is 0. The molecule has 0 aromatic rings. The van der Waals surface area contributed by atoms with Crippen molar-refractivity contribution in [3.8, 4) is 0 Å². The minimum Gasteiger partial charge on any atom is -0.346 e. The third-order valence-corrected chi connectivity index (χ3v) is 0. The zero-order chi connectivity index (χ0) is 16.0. The van der Waals surface area contributed by atoms with Crippen molar-refractivity contribution in [3.63, 3.8) is 0 Å². The molecule has 0 atom stereocenters. The van der Waals surface area contributed by atoms with Crippen LogP contribution >= 0.6 is 0 Å². The molecule has 0 nitrogen and oxygen atoms in total. The van der Waals surface area contributed by atoms with Crippen LogP contribution in [0.1, 0.15) is 55.4 Å².